The van der Waals surface area contributed by atoms with Crippen LogP contribution < -0.4 is 11.5 Å². The van der Waals surface area contributed by atoms with Crippen LogP contribution in [0, 0.1) is 0 Å². The van der Waals surface area contributed by atoms with Gasteiger partial charge in [-0.05, 0) is 36.6 Å². The average molecular weight is 389 g/mol. The van der Waals surface area contributed by atoms with Crippen molar-refractivity contribution in [2.75, 3.05) is 18.9 Å². The van der Waals surface area contributed by atoms with E-state index in [1.807, 2.05) is 28.9 Å². The summed E-state index contributed by atoms with van der Waals surface area (Å²) in [5.74, 6) is 0.441. The van der Waals surface area contributed by atoms with Crippen LogP contribution in [0.1, 0.15) is 24.4 Å². The molecule has 4 aromatic rings. The standard InChI is InChI=1S/C21H23N7O/c22-12-14-2-1-3-15(10-14)19-11-17(20-21(23)24-13-26-28(19)20)18-4-7-25-27(18)16-5-8-29-9-6-16/h1-4,7,10-11,13,16H,5-6,8-9,12,22H2,(H2,23,24,26). The maximum atomic E-state index is 6.30. The van der Waals surface area contributed by atoms with Crippen LogP contribution in [0.15, 0.2) is 48.9 Å². The Morgan fingerprint density at radius 2 is 1.93 bits per heavy atom. The summed E-state index contributed by atoms with van der Waals surface area (Å²) >= 11 is 0. The molecular weight excluding hydrogens is 366 g/mol. The van der Waals surface area contributed by atoms with Crippen molar-refractivity contribution in [2.45, 2.75) is 25.4 Å². The Morgan fingerprint density at radius 1 is 1.07 bits per heavy atom. The molecule has 148 valence electrons. The molecule has 1 aliphatic rings. The van der Waals surface area contributed by atoms with Crippen LogP contribution in [-0.4, -0.2) is 37.6 Å². The van der Waals surface area contributed by atoms with Crippen LogP contribution in [0.5, 0.6) is 0 Å². The van der Waals surface area contributed by atoms with Gasteiger partial charge in [0.2, 0.25) is 0 Å². The summed E-state index contributed by atoms with van der Waals surface area (Å²) in [5.41, 5.74) is 18.0. The summed E-state index contributed by atoms with van der Waals surface area (Å²) in [6.07, 6.45) is 5.21. The average Bonchev–Trinajstić information content (AvgIpc) is 3.40. The van der Waals surface area contributed by atoms with Gasteiger partial charge in [-0.15, -0.1) is 0 Å². The van der Waals surface area contributed by atoms with Crippen molar-refractivity contribution < 1.29 is 4.74 Å². The van der Waals surface area contributed by atoms with Crippen molar-refractivity contribution in [3.63, 3.8) is 0 Å². The fourth-order valence-corrected chi connectivity index (χ4v) is 4.07. The molecule has 3 aromatic heterocycles. The first-order valence-corrected chi connectivity index (χ1v) is 9.79. The molecule has 0 atom stereocenters. The maximum absolute atomic E-state index is 6.30. The highest BCUT2D eigenvalue weighted by Gasteiger charge is 2.23. The number of fused-ring (bicyclic) bond motifs is 1. The normalized spacial score (nSPS) is 15.2. The van der Waals surface area contributed by atoms with E-state index in [0.717, 1.165) is 59.7 Å². The van der Waals surface area contributed by atoms with E-state index < -0.39 is 0 Å². The van der Waals surface area contributed by atoms with Crippen molar-refractivity contribution in [3.05, 3.63) is 54.5 Å². The summed E-state index contributed by atoms with van der Waals surface area (Å²) in [5, 5.41) is 9.11. The Hall–Kier alpha value is -3.23. The number of hydrogen-bond donors (Lipinski definition) is 2. The molecule has 1 fully saturated rings. The Morgan fingerprint density at radius 3 is 2.76 bits per heavy atom. The Kier molecular flexibility index (Phi) is 4.49. The molecule has 0 spiro atoms. The van der Waals surface area contributed by atoms with E-state index in [1.54, 1.807) is 0 Å². The highest BCUT2D eigenvalue weighted by Crippen LogP contribution is 2.36. The third-order valence-electron chi connectivity index (χ3n) is 5.52. The third-order valence-corrected chi connectivity index (χ3v) is 5.52. The first-order valence-electron chi connectivity index (χ1n) is 9.79. The molecular formula is C21H23N7O. The Bertz CT molecular complexity index is 1160. The predicted octanol–water partition coefficient (Wildman–Crippen LogP) is 2.65. The number of nitrogens with two attached hydrogens (primary N) is 2. The van der Waals surface area contributed by atoms with E-state index in [4.69, 9.17) is 16.2 Å². The van der Waals surface area contributed by atoms with E-state index in [1.165, 1.54) is 6.33 Å². The number of rotatable bonds is 4. The highest BCUT2D eigenvalue weighted by molar-refractivity contribution is 5.90. The number of nitrogens with zero attached hydrogens (tertiary/aromatic N) is 5. The molecule has 4 heterocycles. The summed E-state index contributed by atoms with van der Waals surface area (Å²) in [6.45, 7) is 1.99. The van der Waals surface area contributed by atoms with Gasteiger partial charge in [0.25, 0.3) is 0 Å². The predicted molar refractivity (Wildman–Crippen MR) is 111 cm³/mol. The molecule has 0 bridgehead atoms. The van der Waals surface area contributed by atoms with Gasteiger partial charge in [0.15, 0.2) is 5.82 Å². The minimum absolute atomic E-state index is 0.304. The summed E-state index contributed by atoms with van der Waals surface area (Å²) < 4.78 is 9.46. The molecule has 0 aliphatic carbocycles. The molecule has 8 nitrogen and oxygen atoms in total. The molecule has 29 heavy (non-hydrogen) atoms. The van der Waals surface area contributed by atoms with Gasteiger partial charge in [0.05, 0.1) is 17.4 Å². The largest absolute Gasteiger partial charge is 0.382 e. The summed E-state index contributed by atoms with van der Waals surface area (Å²) in [6, 6.07) is 12.6. The van der Waals surface area contributed by atoms with Crippen LogP contribution in [0.2, 0.25) is 0 Å². The molecule has 5 rings (SSSR count). The van der Waals surface area contributed by atoms with Gasteiger partial charge in [-0.2, -0.15) is 10.2 Å². The van der Waals surface area contributed by atoms with Gasteiger partial charge in [0, 0.05) is 37.1 Å². The number of anilines is 1. The molecule has 4 N–H and O–H groups in total. The van der Waals surface area contributed by atoms with Crippen molar-refractivity contribution in [1.29, 1.82) is 0 Å². The fourth-order valence-electron chi connectivity index (χ4n) is 4.07. The minimum Gasteiger partial charge on any atom is -0.382 e. The van der Waals surface area contributed by atoms with Crippen molar-refractivity contribution >= 4 is 11.3 Å². The lowest BCUT2D eigenvalue weighted by Gasteiger charge is -2.24. The second-order valence-corrected chi connectivity index (χ2v) is 7.26. The lowest BCUT2D eigenvalue weighted by Crippen LogP contribution is -2.21. The van der Waals surface area contributed by atoms with Crippen LogP contribution in [0.4, 0.5) is 5.82 Å². The topological polar surface area (TPSA) is 109 Å². The first kappa shape index (κ1) is 17.8. The van der Waals surface area contributed by atoms with Crippen LogP contribution in [-0.2, 0) is 11.3 Å². The van der Waals surface area contributed by atoms with E-state index in [2.05, 4.69) is 38.1 Å². The zero-order valence-corrected chi connectivity index (χ0v) is 16.0. The molecule has 0 amide bonds. The third kappa shape index (κ3) is 3.06. The maximum Gasteiger partial charge on any atom is 0.152 e. The first-order chi connectivity index (χ1) is 14.3. The van der Waals surface area contributed by atoms with E-state index in [9.17, 15) is 0 Å². The molecule has 0 saturated carbocycles. The van der Waals surface area contributed by atoms with Crippen molar-refractivity contribution in [3.8, 4) is 22.5 Å². The van der Waals surface area contributed by atoms with Gasteiger partial charge in [-0.25, -0.2) is 9.50 Å². The number of benzene rings is 1. The SMILES string of the molecule is NCc1cccc(-c2cc(-c3ccnn3C3CCOCC3)c3c(N)ncnn23)c1. The number of nitrogen functional groups attached to an aromatic ring is 1. The van der Waals surface area contributed by atoms with E-state index in [-0.39, 0.29) is 0 Å². The molecule has 0 radical (unpaired) electrons. The molecule has 0 unspecified atom stereocenters. The highest BCUT2D eigenvalue weighted by atomic mass is 16.5. The smallest absolute Gasteiger partial charge is 0.152 e. The number of aromatic nitrogens is 5. The zero-order chi connectivity index (χ0) is 19.8. The molecule has 8 heteroatoms. The van der Waals surface area contributed by atoms with Gasteiger partial charge in [-0.1, -0.05) is 18.2 Å². The van der Waals surface area contributed by atoms with E-state index >= 15 is 0 Å². The second kappa shape index (κ2) is 7.31. The monoisotopic (exact) mass is 389 g/mol. The Labute approximate surface area is 168 Å². The number of hydrogen-bond acceptors (Lipinski definition) is 6. The minimum atomic E-state index is 0.304. The molecule has 1 aliphatic heterocycles. The van der Waals surface area contributed by atoms with Gasteiger partial charge < -0.3 is 16.2 Å². The van der Waals surface area contributed by atoms with Crippen molar-refractivity contribution in [1.82, 2.24) is 24.4 Å². The summed E-state index contributed by atoms with van der Waals surface area (Å²) in [4.78, 5) is 4.24. The van der Waals surface area contributed by atoms with Crippen molar-refractivity contribution in [2.24, 2.45) is 5.73 Å². The molecule has 1 aromatic carbocycles. The quantitative estimate of drug-likeness (QED) is 0.555. The van der Waals surface area contributed by atoms with Crippen LogP contribution in [0.3, 0.4) is 0 Å². The summed E-state index contributed by atoms with van der Waals surface area (Å²) in [7, 11) is 0. The van der Waals surface area contributed by atoms with Gasteiger partial charge in [-0.3, -0.25) is 4.68 Å². The van der Waals surface area contributed by atoms with Gasteiger partial charge >= 0.3 is 0 Å². The Balaban J connectivity index is 1.71. The van der Waals surface area contributed by atoms with Gasteiger partial charge in [0.1, 0.15) is 11.8 Å². The van der Waals surface area contributed by atoms with Crippen LogP contribution in [0.25, 0.3) is 28.0 Å². The lowest BCUT2D eigenvalue weighted by molar-refractivity contribution is 0.0667. The zero-order valence-electron chi connectivity index (χ0n) is 16.0. The number of ether oxygens (including phenoxy) is 1. The lowest BCUT2D eigenvalue weighted by atomic mass is 10.1. The van der Waals surface area contributed by atoms with Crippen LogP contribution >= 0.6 is 0 Å². The van der Waals surface area contributed by atoms with E-state index in [0.29, 0.717) is 18.4 Å². The molecule has 1 saturated heterocycles. The second-order valence-electron chi connectivity index (χ2n) is 7.26. The fraction of sp³-hybridized carbons (Fsp3) is 0.286.